The Bertz CT molecular complexity index is 1190. The molecule has 0 aliphatic carbocycles. The van der Waals surface area contributed by atoms with Crippen LogP contribution in [0.25, 0.3) is 10.2 Å². The summed E-state index contributed by atoms with van der Waals surface area (Å²) in [7, 11) is 1.63. The first-order chi connectivity index (χ1) is 14.4. The molecule has 0 spiro atoms. The Morgan fingerprint density at radius 2 is 1.93 bits per heavy atom. The number of nitrogens with one attached hydrogen (secondary N) is 1. The van der Waals surface area contributed by atoms with Crippen molar-refractivity contribution in [3.05, 3.63) is 62.8 Å². The molecule has 0 saturated carbocycles. The van der Waals surface area contributed by atoms with Crippen LogP contribution in [0.2, 0.25) is 0 Å². The van der Waals surface area contributed by atoms with E-state index in [9.17, 15) is 18.8 Å². The van der Waals surface area contributed by atoms with Crippen molar-refractivity contribution in [1.29, 1.82) is 0 Å². The van der Waals surface area contributed by atoms with Crippen molar-refractivity contribution < 1.29 is 14.0 Å². The van der Waals surface area contributed by atoms with E-state index in [1.54, 1.807) is 31.0 Å². The van der Waals surface area contributed by atoms with Gasteiger partial charge in [-0.25, -0.2) is 9.37 Å². The number of thiophene rings is 1. The van der Waals surface area contributed by atoms with Gasteiger partial charge in [0.15, 0.2) is 0 Å². The molecule has 0 bridgehead atoms. The molecule has 3 aromatic rings. The third-order valence-corrected chi connectivity index (χ3v) is 6.64. The van der Waals surface area contributed by atoms with Crippen LogP contribution in [0, 0.1) is 12.7 Å². The molecule has 9 heteroatoms. The van der Waals surface area contributed by atoms with Crippen LogP contribution in [0.1, 0.15) is 38.4 Å². The van der Waals surface area contributed by atoms with E-state index in [1.807, 2.05) is 0 Å². The summed E-state index contributed by atoms with van der Waals surface area (Å²) in [5.74, 6) is -1.10. The van der Waals surface area contributed by atoms with E-state index in [2.05, 4.69) is 10.3 Å². The highest BCUT2D eigenvalue weighted by atomic mass is 32.1. The Morgan fingerprint density at radius 1 is 1.23 bits per heavy atom. The van der Waals surface area contributed by atoms with E-state index in [0.29, 0.717) is 46.6 Å². The molecule has 2 amide bonds. The summed E-state index contributed by atoms with van der Waals surface area (Å²) < 4.78 is 15.3. The van der Waals surface area contributed by atoms with Crippen LogP contribution in [0.5, 0.6) is 0 Å². The SMILES string of the molecule is Cc1c(C(=O)NC2CCN(C(=O)c3ccccc3F)CC2)sc2ncn(C)c(=O)c12. The van der Waals surface area contributed by atoms with Crippen molar-refractivity contribution in [3.8, 4) is 0 Å². The maximum atomic E-state index is 13.9. The zero-order valence-corrected chi connectivity index (χ0v) is 17.5. The average Bonchev–Trinajstić information content (AvgIpc) is 3.08. The number of piperidine rings is 1. The molecule has 156 valence electrons. The molecule has 30 heavy (non-hydrogen) atoms. The average molecular weight is 428 g/mol. The van der Waals surface area contributed by atoms with Crippen LogP contribution >= 0.6 is 11.3 Å². The number of amides is 2. The van der Waals surface area contributed by atoms with E-state index in [-0.39, 0.29) is 29.0 Å². The van der Waals surface area contributed by atoms with Gasteiger partial charge in [0.25, 0.3) is 17.4 Å². The minimum absolute atomic E-state index is 0.0648. The number of likely N-dealkylation sites (tertiary alicyclic amines) is 1. The molecule has 0 unspecified atom stereocenters. The Balaban J connectivity index is 1.43. The zero-order valence-electron chi connectivity index (χ0n) is 16.6. The molecule has 1 aliphatic rings. The Labute approximate surface area is 176 Å². The maximum absolute atomic E-state index is 13.9. The highest BCUT2D eigenvalue weighted by Gasteiger charge is 2.27. The molecule has 3 heterocycles. The largest absolute Gasteiger partial charge is 0.348 e. The molecule has 1 aliphatic heterocycles. The van der Waals surface area contributed by atoms with Crippen LogP contribution in [0.4, 0.5) is 4.39 Å². The summed E-state index contributed by atoms with van der Waals surface area (Å²) in [5.41, 5.74) is 0.524. The topological polar surface area (TPSA) is 84.3 Å². The first kappa shape index (κ1) is 20.2. The number of rotatable bonds is 3. The van der Waals surface area contributed by atoms with Crippen molar-refractivity contribution >= 4 is 33.4 Å². The molecule has 7 nitrogen and oxygen atoms in total. The van der Waals surface area contributed by atoms with Gasteiger partial charge in [0.1, 0.15) is 10.6 Å². The first-order valence-electron chi connectivity index (χ1n) is 9.66. The molecular formula is C21H21FN4O3S. The monoisotopic (exact) mass is 428 g/mol. The predicted octanol–water partition coefficient (Wildman–Crippen LogP) is 2.48. The number of hydrogen-bond acceptors (Lipinski definition) is 5. The first-order valence-corrected chi connectivity index (χ1v) is 10.5. The Hall–Kier alpha value is -3.07. The highest BCUT2D eigenvalue weighted by molar-refractivity contribution is 7.20. The number of halogens is 1. The summed E-state index contributed by atoms with van der Waals surface area (Å²) in [6.45, 7) is 2.63. The van der Waals surface area contributed by atoms with Gasteiger partial charge in [0.2, 0.25) is 0 Å². The van der Waals surface area contributed by atoms with Gasteiger partial charge in [-0.15, -0.1) is 11.3 Å². The van der Waals surface area contributed by atoms with Gasteiger partial charge >= 0.3 is 0 Å². The number of carbonyl (C=O) groups is 2. The molecule has 0 radical (unpaired) electrons. The summed E-state index contributed by atoms with van der Waals surface area (Å²) in [5, 5.41) is 3.48. The highest BCUT2D eigenvalue weighted by Crippen LogP contribution is 2.27. The lowest BCUT2D eigenvalue weighted by molar-refractivity contribution is 0.0694. The second-order valence-corrected chi connectivity index (χ2v) is 8.42. The lowest BCUT2D eigenvalue weighted by Gasteiger charge is -2.32. The van der Waals surface area contributed by atoms with Gasteiger partial charge in [-0.3, -0.25) is 14.4 Å². The molecule has 2 aromatic heterocycles. The Morgan fingerprint density at radius 3 is 2.63 bits per heavy atom. The van der Waals surface area contributed by atoms with Crippen molar-refractivity contribution in [2.75, 3.05) is 13.1 Å². The van der Waals surface area contributed by atoms with Crippen LogP contribution < -0.4 is 10.9 Å². The van der Waals surface area contributed by atoms with Crippen molar-refractivity contribution in [2.45, 2.75) is 25.8 Å². The summed E-state index contributed by atoms with van der Waals surface area (Å²) in [6, 6.07) is 5.85. The van der Waals surface area contributed by atoms with Crippen LogP contribution in [-0.4, -0.2) is 45.4 Å². The third-order valence-electron chi connectivity index (χ3n) is 5.44. The molecule has 0 atom stereocenters. The fourth-order valence-corrected chi connectivity index (χ4v) is 4.75. The predicted molar refractivity (Wildman–Crippen MR) is 112 cm³/mol. The van der Waals surface area contributed by atoms with E-state index >= 15 is 0 Å². The number of fused-ring (bicyclic) bond motifs is 1. The van der Waals surface area contributed by atoms with E-state index < -0.39 is 5.82 Å². The van der Waals surface area contributed by atoms with Crippen LogP contribution in [-0.2, 0) is 7.05 Å². The number of nitrogens with zero attached hydrogens (tertiary/aromatic N) is 3. The molecule has 1 fully saturated rings. The summed E-state index contributed by atoms with van der Waals surface area (Å²) in [4.78, 5) is 44.6. The van der Waals surface area contributed by atoms with Crippen molar-refractivity contribution in [2.24, 2.45) is 7.05 Å². The van der Waals surface area contributed by atoms with Gasteiger partial charge in [0, 0.05) is 26.2 Å². The number of carbonyl (C=O) groups excluding carboxylic acids is 2. The van der Waals surface area contributed by atoms with E-state index in [4.69, 9.17) is 0 Å². The standard InChI is InChI=1S/C21H21FN4O3S/c1-12-16-19(23-11-25(2)21(16)29)30-17(12)18(27)24-13-7-9-26(10-8-13)20(28)14-5-3-4-6-15(14)22/h3-6,11,13H,7-10H2,1-2H3,(H,24,27). The fraction of sp³-hybridized carbons (Fsp3) is 0.333. The number of hydrogen-bond donors (Lipinski definition) is 1. The second-order valence-electron chi connectivity index (χ2n) is 7.42. The van der Waals surface area contributed by atoms with Gasteiger partial charge in [0.05, 0.1) is 22.2 Å². The molecule has 1 N–H and O–H groups in total. The quantitative estimate of drug-likeness (QED) is 0.695. The van der Waals surface area contributed by atoms with Crippen molar-refractivity contribution in [1.82, 2.24) is 19.8 Å². The molecule has 1 saturated heterocycles. The summed E-state index contributed by atoms with van der Waals surface area (Å²) >= 11 is 1.21. The minimum Gasteiger partial charge on any atom is -0.348 e. The maximum Gasteiger partial charge on any atom is 0.262 e. The number of aromatic nitrogens is 2. The number of aryl methyl sites for hydroxylation is 2. The third kappa shape index (κ3) is 3.60. The van der Waals surface area contributed by atoms with Crippen molar-refractivity contribution in [3.63, 3.8) is 0 Å². The van der Waals surface area contributed by atoms with Gasteiger partial charge in [-0.2, -0.15) is 0 Å². The van der Waals surface area contributed by atoms with E-state index in [1.165, 1.54) is 34.4 Å². The lowest BCUT2D eigenvalue weighted by atomic mass is 10.0. The van der Waals surface area contributed by atoms with Gasteiger partial charge in [-0.05, 0) is 37.5 Å². The molecular weight excluding hydrogens is 407 g/mol. The van der Waals surface area contributed by atoms with E-state index in [0.717, 1.165) is 0 Å². The van der Waals surface area contributed by atoms with Gasteiger partial charge in [-0.1, -0.05) is 12.1 Å². The molecule has 4 rings (SSSR count). The minimum atomic E-state index is -0.530. The Kier molecular flexibility index (Phi) is 5.38. The fourth-order valence-electron chi connectivity index (χ4n) is 3.71. The van der Waals surface area contributed by atoms with Crippen LogP contribution in [0.3, 0.4) is 0 Å². The number of benzene rings is 1. The van der Waals surface area contributed by atoms with Gasteiger partial charge < -0.3 is 14.8 Å². The zero-order chi connectivity index (χ0) is 21.4. The lowest BCUT2D eigenvalue weighted by Crippen LogP contribution is -2.46. The second kappa shape index (κ2) is 7.98. The summed E-state index contributed by atoms with van der Waals surface area (Å²) in [6.07, 6.45) is 2.61. The normalized spacial score (nSPS) is 14.8. The molecule has 1 aromatic carbocycles. The van der Waals surface area contributed by atoms with Crippen LogP contribution in [0.15, 0.2) is 35.4 Å². The smallest absolute Gasteiger partial charge is 0.262 e.